The Kier molecular flexibility index (Phi) is 9.09. The monoisotopic (exact) mass is 487 g/mol. The molecule has 0 aliphatic heterocycles. The maximum atomic E-state index is 13.1. The third kappa shape index (κ3) is 7.28. The molecule has 7 heteroatoms. The van der Waals surface area contributed by atoms with Crippen molar-refractivity contribution < 1.29 is 14.0 Å². The average Bonchev–Trinajstić information content (AvgIpc) is 2.79. The average molecular weight is 488 g/mol. The smallest absolute Gasteiger partial charge is 0.220 e. The summed E-state index contributed by atoms with van der Waals surface area (Å²) in [6.45, 7) is 1.84. The van der Waals surface area contributed by atoms with Gasteiger partial charge in [-0.25, -0.2) is 4.39 Å². The summed E-state index contributed by atoms with van der Waals surface area (Å²) in [5.41, 5.74) is 2.09. The number of carbonyl (C=O) groups excluding carboxylic acids is 2. The van der Waals surface area contributed by atoms with Crippen molar-refractivity contribution in [2.45, 2.75) is 69.5 Å². The highest BCUT2D eigenvalue weighted by atomic mass is 35.5. The molecule has 2 aromatic carbocycles. The fourth-order valence-electron chi connectivity index (χ4n) is 4.78. The summed E-state index contributed by atoms with van der Waals surface area (Å²) in [7, 11) is 4.24. The summed E-state index contributed by atoms with van der Waals surface area (Å²) in [5, 5.41) is 6.74. The second-order valence-electron chi connectivity index (χ2n) is 9.61. The van der Waals surface area contributed by atoms with E-state index in [0.29, 0.717) is 0 Å². The van der Waals surface area contributed by atoms with Gasteiger partial charge in [0, 0.05) is 29.4 Å². The van der Waals surface area contributed by atoms with Crippen LogP contribution >= 0.6 is 11.6 Å². The fraction of sp³-hybridized carbons (Fsp3) is 0.481. The first-order valence-corrected chi connectivity index (χ1v) is 12.3. The number of hydrogen-bond donors (Lipinski definition) is 2. The molecule has 1 aliphatic carbocycles. The SMILES string of the molecule is CC(NC(=O)CCC(=O)NC1CCC(Cc2cccc(Cl)c2)(N(C)C)CC1)c1ccc(F)cc1. The van der Waals surface area contributed by atoms with Gasteiger partial charge in [-0.15, -0.1) is 0 Å². The van der Waals surface area contributed by atoms with Gasteiger partial charge in [0.1, 0.15) is 5.82 Å². The Morgan fingerprint density at radius 1 is 1.09 bits per heavy atom. The van der Waals surface area contributed by atoms with Crippen LogP contribution < -0.4 is 10.6 Å². The minimum Gasteiger partial charge on any atom is -0.353 e. The van der Waals surface area contributed by atoms with Crippen LogP contribution in [0.5, 0.6) is 0 Å². The second kappa shape index (κ2) is 11.8. The Bertz CT molecular complexity index is 972. The van der Waals surface area contributed by atoms with E-state index in [-0.39, 0.29) is 48.1 Å². The van der Waals surface area contributed by atoms with Gasteiger partial charge >= 0.3 is 0 Å². The van der Waals surface area contributed by atoms with Crippen molar-refractivity contribution in [1.82, 2.24) is 15.5 Å². The molecule has 34 heavy (non-hydrogen) atoms. The van der Waals surface area contributed by atoms with Gasteiger partial charge < -0.3 is 15.5 Å². The Hall–Kier alpha value is -2.44. The summed E-state index contributed by atoms with van der Waals surface area (Å²) in [6.07, 6.45) is 4.96. The first-order chi connectivity index (χ1) is 16.2. The molecule has 3 rings (SSSR count). The number of carbonyl (C=O) groups is 2. The van der Waals surface area contributed by atoms with Crippen molar-refractivity contribution in [2.75, 3.05) is 14.1 Å². The number of nitrogens with zero attached hydrogens (tertiary/aromatic N) is 1. The lowest BCUT2D eigenvalue weighted by Crippen LogP contribution is -2.52. The largest absolute Gasteiger partial charge is 0.353 e. The minimum atomic E-state index is -0.311. The highest BCUT2D eigenvalue weighted by molar-refractivity contribution is 6.30. The van der Waals surface area contributed by atoms with Crippen molar-refractivity contribution in [3.05, 3.63) is 70.5 Å². The van der Waals surface area contributed by atoms with Gasteiger partial charge in [0.05, 0.1) is 6.04 Å². The molecule has 2 N–H and O–H groups in total. The third-order valence-electron chi connectivity index (χ3n) is 6.98. The number of benzene rings is 2. The Morgan fingerprint density at radius 2 is 1.74 bits per heavy atom. The zero-order valence-electron chi connectivity index (χ0n) is 20.2. The van der Waals surface area contributed by atoms with Crippen LogP contribution in [0.15, 0.2) is 48.5 Å². The molecule has 0 bridgehead atoms. The van der Waals surface area contributed by atoms with E-state index in [4.69, 9.17) is 11.6 Å². The lowest BCUT2D eigenvalue weighted by molar-refractivity contribution is -0.127. The molecule has 0 saturated heterocycles. The molecule has 2 aromatic rings. The van der Waals surface area contributed by atoms with E-state index in [0.717, 1.165) is 42.7 Å². The summed E-state index contributed by atoms with van der Waals surface area (Å²) < 4.78 is 13.1. The van der Waals surface area contributed by atoms with Crippen LogP contribution in [-0.4, -0.2) is 42.4 Å². The fourth-order valence-corrected chi connectivity index (χ4v) is 5.00. The lowest BCUT2D eigenvalue weighted by Gasteiger charge is -2.45. The molecule has 0 heterocycles. The summed E-state index contributed by atoms with van der Waals surface area (Å²) >= 11 is 6.18. The highest BCUT2D eigenvalue weighted by Gasteiger charge is 2.37. The molecule has 0 spiro atoms. The molecule has 184 valence electrons. The van der Waals surface area contributed by atoms with E-state index in [1.807, 2.05) is 25.1 Å². The van der Waals surface area contributed by atoms with Crippen LogP contribution in [0.3, 0.4) is 0 Å². The quantitative estimate of drug-likeness (QED) is 0.521. The molecule has 5 nitrogen and oxygen atoms in total. The number of nitrogens with one attached hydrogen (secondary N) is 2. The molecule has 1 fully saturated rings. The van der Waals surface area contributed by atoms with E-state index >= 15 is 0 Å². The Balaban J connectivity index is 1.43. The predicted octanol–water partition coefficient (Wildman–Crippen LogP) is 5.04. The van der Waals surface area contributed by atoms with Crippen molar-refractivity contribution in [3.8, 4) is 0 Å². The molecule has 1 unspecified atom stereocenters. The molecule has 0 radical (unpaired) electrons. The van der Waals surface area contributed by atoms with Crippen molar-refractivity contribution in [1.29, 1.82) is 0 Å². The van der Waals surface area contributed by atoms with Crippen LogP contribution in [0, 0.1) is 5.82 Å². The van der Waals surface area contributed by atoms with Crippen LogP contribution in [-0.2, 0) is 16.0 Å². The number of hydrogen-bond acceptors (Lipinski definition) is 3. The first kappa shape index (κ1) is 26.2. The standard InChI is InChI=1S/C27H35ClFN3O2/c1-19(21-7-9-23(29)10-8-21)30-25(33)11-12-26(34)31-24-13-15-27(16-14-24,32(2)3)18-20-5-4-6-22(28)17-20/h4-10,17,19,24H,11-16,18H2,1-3H3,(H,30,33)(H,31,34). The summed E-state index contributed by atoms with van der Waals surface area (Å²) in [4.78, 5) is 27.0. The van der Waals surface area contributed by atoms with Crippen LogP contribution in [0.1, 0.15) is 62.6 Å². The first-order valence-electron chi connectivity index (χ1n) is 11.9. The number of halogens is 2. The molecule has 1 saturated carbocycles. The van der Waals surface area contributed by atoms with E-state index in [1.54, 1.807) is 12.1 Å². The van der Waals surface area contributed by atoms with Gasteiger partial charge in [-0.2, -0.15) is 0 Å². The summed E-state index contributed by atoms with van der Waals surface area (Å²) in [5.74, 6) is -0.598. The van der Waals surface area contributed by atoms with Gasteiger partial charge in [0.25, 0.3) is 0 Å². The number of amides is 2. The molecule has 0 aromatic heterocycles. The third-order valence-corrected chi connectivity index (χ3v) is 7.21. The van der Waals surface area contributed by atoms with Crippen LogP contribution in [0.25, 0.3) is 0 Å². The van der Waals surface area contributed by atoms with Gasteiger partial charge in [-0.3, -0.25) is 9.59 Å². The van der Waals surface area contributed by atoms with Gasteiger partial charge in [-0.05, 0) is 88.5 Å². The highest BCUT2D eigenvalue weighted by Crippen LogP contribution is 2.36. The second-order valence-corrected chi connectivity index (χ2v) is 10.0. The normalized spacial score (nSPS) is 21.2. The van der Waals surface area contributed by atoms with Crippen molar-refractivity contribution in [2.24, 2.45) is 0 Å². The minimum absolute atomic E-state index is 0.0439. The van der Waals surface area contributed by atoms with Crippen LogP contribution in [0.2, 0.25) is 5.02 Å². The topological polar surface area (TPSA) is 61.4 Å². The van der Waals surface area contributed by atoms with Gasteiger partial charge in [0.2, 0.25) is 11.8 Å². The Morgan fingerprint density at radius 3 is 2.35 bits per heavy atom. The van der Waals surface area contributed by atoms with E-state index in [9.17, 15) is 14.0 Å². The van der Waals surface area contributed by atoms with Crippen molar-refractivity contribution in [3.63, 3.8) is 0 Å². The lowest BCUT2D eigenvalue weighted by atomic mass is 9.75. The maximum Gasteiger partial charge on any atom is 0.220 e. The van der Waals surface area contributed by atoms with Gasteiger partial charge in [-0.1, -0.05) is 35.9 Å². The number of rotatable bonds is 9. The molecule has 2 amide bonds. The van der Waals surface area contributed by atoms with E-state index < -0.39 is 0 Å². The van der Waals surface area contributed by atoms with Crippen LogP contribution in [0.4, 0.5) is 4.39 Å². The number of likely N-dealkylation sites (N-methyl/N-ethyl adjacent to an activating group) is 1. The molecule has 1 aliphatic rings. The zero-order valence-corrected chi connectivity index (χ0v) is 21.0. The molecular formula is C27H35ClFN3O2. The van der Waals surface area contributed by atoms with Gasteiger partial charge in [0.15, 0.2) is 0 Å². The van der Waals surface area contributed by atoms with E-state index in [2.05, 4.69) is 35.7 Å². The molecule has 1 atom stereocenters. The summed E-state index contributed by atoms with van der Waals surface area (Å²) in [6, 6.07) is 14.0. The van der Waals surface area contributed by atoms with E-state index in [1.165, 1.54) is 17.7 Å². The van der Waals surface area contributed by atoms with Crippen molar-refractivity contribution >= 4 is 23.4 Å². The zero-order chi connectivity index (χ0) is 24.7. The molecular weight excluding hydrogens is 453 g/mol. The maximum absolute atomic E-state index is 13.1. The Labute approximate surface area is 207 Å². The predicted molar refractivity (Wildman–Crippen MR) is 134 cm³/mol.